The van der Waals surface area contributed by atoms with Crippen molar-refractivity contribution >= 4 is 16.7 Å². The van der Waals surface area contributed by atoms with Gasteiger partial charge in [-0.25, -0.2) is 9.37 Å². The summed E-state index contributed by atoms with van der Waals surface area (Å²) in [5.74, 6) is 0.238. The Labute approximate surface area is 101 Å². The molecule has 1 aromatic heterocycles. The number of fused-ring (bicyclic) bond motifs is 1. The molecular weight excluding hydrogens is 215 g/mol. The Morgan fingerprint density at radius 2 is 1.88 bits per heavy atom. The van der Waals surface area contributed by atoms with Gasteiger partial charge in [-0.2, -0.15) is 0 Å². The van der Waals surface area contributed by atoms with Crippen LogP contribution in [0.4, 0.5) is 10.2 Å². The fourth-order valence-corrected chi connectivity index (χ4v) is 1.98. The number of nitrogens with zero attached hydrogens (tertiary/aromatic N) is 1. The maximum absolute atomic E-state index is 13.8. The number of benzene rings is 1. The van der Waals surface area contributed by atoms with Crippen molar-refractivity contribution in [3.05, 3.63) is 35.1 Å². The van der Waals surface area contributed by atoms with E-state index in [2.05, 4.69) is 4.98 Å². The van der Waals surface area contributed by atoms with E-state index in [1.54, 1.807) is 6.07 Å². The van der Waals surface area contributed by atoms with Gasteiger partial charge in [0.25, 0.3) is 0 Å². The monoisotopic (exact) mass is 232 g/mol. The van der Waals surface area contributed by atoms with E-state index in [1.807, 2.05) is 33.8 Å². The minimum Gasteiger partial charge on any atom is -0.383 e. The lowest BCUT2D eigenvalue weighted by Crippen LogP contribution is -2.15. The molecule has 0 radical (unpaired) electrons. The van der Waals surface area contributed by atoms with Gasteiger partial charge in [0.1, 0.15) is 11.6 Å². The van der Waals surface area contributed by atoms with Crippen molar-refractivity contribution in [1.29, 1.82) is 0 Å². The predicted molar refractivity (Wildman–Crippen MR) is 69.6 cm³/mol. The second-order valence-corrected chi connectivity index (χ2v) is 5.43. The van der Waals surface area contributed by atoms with Crippen LogP contribution < -0.4 is 5.73 Å². The average molecular weight is 232 g/mol. The van der Waals surface area contributed by atoms with E-state index in [-0.39, 0.29) is 11.2 Å². The molecule has 0 bridgehead atoms. The van der Waals surface area contributed by atoms with Crippen LogP contribution in [0.3, 0.4) is 0 Å². The molecule has 2 rings (SSSR count). The summed E-state index contributed by atoms with van der Waals surface area (Å²) in [5, 5.41) is 0.545. The van der Waals surface area contributed by atoms with E-state index in [1.165, 1.54) is 6.07 Å². The van der Waals surface area contributed by atoms with Gasteiger partial charge in [0.05, 0.1) is 5.52 Å². The summed E-state index contributed by atoms with van der Waals surface area (Å²) in [7, 11) is 0. The van der Waals surface area contributed by atoms with Crippen molar-refractivity contribution in [3.63, 3.8) is 0 Å². The van der Waals surface area contributed by atoms with Crippen LogP contribution in [0.1, 0.15) is 31.9 Å². The molecular formula is C14H17FN2. The molecule has 0 unspecified atom stereocenters. The van der Waals surface area contributed by atoms with Gasteiger partial charge >= 0.3 is 0 Å². The van der Waals surface area contributed by atoms with E-state index in [4.69, 9.17) is 5.73 Å². The molecule has 1 heterocycles. The van der Waals surface area contributed by atoms with Crippen molar-refractivity contribution in [2.24, 2.45) is 0 Å². The maximum atomic E-state index is 13.8. The molecule has 0 saturated carbocycles. The first kappa shape index (κ1) is 11.8. The van der Waals surface area contributed by atoms with Gasteiger partial charge in [0.2, 0.25) is 0 Å². The quantitative estimate of drug-likeness (QED) is 0.754. The lowest BCUT2D eigenvalue weighted by Gasteiger charge is -2.21. The van der Waals surface area contributed by atoms with Gasteiger partial charge in [0, 0.05) is 10.9 Å². The van der Waals surface area contributed by atoms with Crippen LogP contribution in [-0.4, -0.2) is 4.98 Å². The smallest absolute Gasteiger partial charge is 0.132 e. The lowest BCUT2D eigenvalue weighted by molar-refractivity contribution is 0.590. The summed E-state index contributed by atoms with van der Waals surface area (Å²) in [6.07, 6.45) is 0. The fourth-order valence-electron chi connectivity index (χ4n) is 1.98. The number of pyridine rings is 1. The van der Waals surface area contributed by atoms with Crippen LogP contribution in [0.15, 0.2) is 18.2 Å². The SMILES string of the molecule is Cc1ccc(F)c2cc(C(C)(C)C)c(N)nc12. The van der Waals surface area contributed by atoms with Gasteiger partial charge in [-0.1, -0.05) is 26.8 Å². The van der Waals surface area contributed by atoms with Gasteiger partial charge in [0.15, 0.2) is 0 Å². The molecule has 2 aromatic rings. The number of halogens is 1. The van der Waals surface area contributed by atoms with Crippen LogP contribution in [0.2, 0.25) is 0 Å². The minimum atomic E-state index is -0.247. The molecule has 0 aliphatic heterocycles. The van der Waals surface area contributed by atoms with Gasteiger partial charge < -0.3 is 5.73 Å². The maximum Gasteiger partial charge on any atom is 0.132 e. The molecule has 2 nitrogen and oxygen atoms in total. The molecule has 0 amide bonds. The van der Waals surface area contributed by atoms with Crippen LogP contribution >= 0.6 is 0 Å². The summed E-state index contributed by atoms with van der Waals surface area (Å²) in [5.41, 5.74) is 8.29. The third-order valence-electron chi connectivity index (χ3n) is 2.97. The Bertz CT molecular complexity index is 583. The van der Waals surface area contributed by atoms with Gasteiger partial charge in [-0.15, -0.1) is 0 Å². The summed E-state index contributed by atoms with van der Waals surface area (Å²) in [4.78, 5) is 4.34. The summed E-state index contributed by atoms with van der Waals surface area (Å²) in [6.45, 7) is 8.03. The minimum absolute atomic E-state index is 0.137. The summed E-state index contributed by atoms with van der Waals surface area (Å²) in [6, 6.07) is 5.02. The zero-order valence-electron chi connectivity index (χ0n) is 10.6. The third-order valence-corrected chi connectivity index (χ3v) is 2.97. The number of aromatic nitrogens is 1. The van der Waals surface area contributed by atoms with Crippen LogP contribution in [0.5, 0.6) is 0 Å². The molecule has 0 spiro atoms. The Kier molecular flexibility index (Phi) is 2.57. The largest absolute Gasteiger partial charge is 0.383 e. The number of hydrogen-bond donors (Lipinski definition) is 1. The topological polar surface area (TPSA) is 38.9 Å². The van der Waals surface area contributed by atoms with Crippen molar-refractivity contribution in [3.8, 4) is 0 Å². The molecule has 0 saturated heterocycles. The Balaban J connectivity index is 2.85. The van der Waals surface area contributed by atoms with E-state index >= 15 is 0 Å². The molecule has 90 valence electrons. The number of nitrogens with two attached hydrogens (primary N) is 1. The average Bonchev–Trinajstić information content (AvgIpc) is 2.21. The Hall–Kier alpha value is -1.64. The lowest BCUT2D eigenvalue weighted by atomic mass is 9.86. The molecule has 0 aliphatic carbocycles. The zero-order chi connectivity index (χ0) is 12.8. The molecule has 0 aliphatic rings. The van der Waals surface area contributed by atoms with Gasteiger partial charge in [-0.3, -0.25) is 0 Å². The number of aryl methyl sites for hydroxylation is 1. The van der Waals surface area contributed by atoms with Gasteiger partial charge in [-0.05, 0) is 30.0 Å². The molecule has 0 atom stereocenters. The van der Waals surface area contributed by atoms with Crippen LogP contribution in [0.25, 0.3) is 10.9 Å². The zero-order valence-corrected chi connectivity index (χ0v) is 10.6. The second-order valence-electron chi connectivity index (χ2n) is 5.43. The van der Waals surface area contributed by atoms with Crippen molar-refractivity contribution in [1.82, 2.24) is 4.98 Å². The fraction of sp³-hybridized carbons (Fsp3) is 0.357. The third kappa shape index (κ3) is 1.97. The predicted octanol–water partition coefficient (Wildman–Crippen LogP) is 3.56. The number of anilines is 1. The second kappa shape index (κ2) is 3.69. The standard InChI is InChI=1S/C14H17FN2/c1-8-5-6-11(15)9-7-10(14(2,3)4)13(16)17-12(8)9/h5-7H,1-4H3,(H2,16,17). The number of rotatable bonds is 0. The molecule has 1 aromatic carbocycles. The molecule has 17 heavy (non-hydrogen) atoms. The Morgan fingerprint density at radius 1 is 1.24 bits per heavy atom. The van der Waals surface area contributed by atoms with E-state index in [9.17, 15) is 4.39 Å². The van der Waals surface area contributed by atoms with Crippen molar-refractivity contribution in [2.45, 2.75) is 33.1 Å². The molecule has 2 N–H and O–H groups in total. The highest BCUT2D eigenvalue weighted by Crippen LogP contribution is 2.31. The number of nitrogen functional groups attached to an aromatic ring is 1. The number of hydrogen-bond acceptors (Lipinski definition) is 2. The van der Waals surface area contributed by atoms with Crippen molar-refractivity contribution < 1.29 is 4.39 Å². The highest BCUT2D eigenvalue weighted by atomic mass is 19.1. The Morgan fingerprint density at radius 3 is 2.47 bits per heavy atom. The molecule has 0 fully saturated rings. The normalized spacial score (nSPS) is 12.1. The van der Waals surface area contributed by atoms with E-state index in [0.717, 1.165) is 11.1 Å². The molecule has 3 heteroatoms. The van der Waals surface area contributed by atoms with Crippen LogP contribution in [-0.2, 0) is 5.41 Å². The van der Waals surface area contributed by atoms with Crippen LogP contribution in [0, 0.1) is 12.7 Å². The first-order valence-corrected chi connectivity index (χ1v) is 5.66. The first-order chi connectivity index (χ1) is 7.80. The summed E-state index contributed by atoms with van der Waals surface area (Å²) >= 11 is 0. The highest BCUT2D eigenvalue weighted by molar-refractivity contribution is 5.85. The van der Waals surface area contributed by atoms with E-state index < -0.39 is 0 Å². The first-order valence-electron chi connectivity index (χ1n) is 5.66. The van der Waals surface area contributed by atoms with E-state index in [0.29, 0.717) is 16.7 Å². The summed E-state index contributed by atoms with van der Waals surface area (Å²) < 4.78 is 13.8. The van der Waals surface area contributed by atoms with Crippen molar-refractivity contribution in [2.75, 3.05) is 5.73 Å². The highest BCUT2D eigenvalue weighted by Gasteiger charge is 2.19.